The van der Waals surface area contributed by atoms with E-state index >= 15 is 0 Å². The summed E-state index contributed by atoms with van der Waals surface area (Å²) in [6.45, 7) is 4.28. The van der Waals surface area contributed by atoms with Gasteiger partial charge in [-0.2, -0.15) is 0 Å². The molecule has 0 aliphatic heterocycles. The van der Waals surface area contributed by atoms with E-state index < -0.39 is 10.0 Å². The van der Waals surface area contributed by atoms with Crippen molar-refractivity contribution in [3.05, 3.63) is 65.2 Å². The van der Waals surface area contributed by atoms with E-state index in [-0.39, 0.29) is 11.8 Å². The summed E-state index contributed by atoms with van der Waals surface area (Å²) in [6.07, 6.45) is 1.08. The van der Waals surface area contributed by atoms with Crippen molar-refractivity contribution in [2.75, 3.05) is 17.5 Å². The zero-order valence-electron chi connectivity index (χ0n) is 14.0. The average molecular weight is 346 g/mol. The van der Waals surface area contributed by atoms with Crippen LogP contribution in [-0.4, -0.2) is 27.1 Å². The molecule has 0 radical (unpaired) electrons. The number of anilines is 1. The van der Waals surface area contributed by atoms with Crippen molar-refractivity contribution in [3.63, 3.8) is 0 Å². The number of hydrogen-bond donors (Lipinski definition) is 2. The smallest absolute Gasteiger partial charge is 0.251 e. The molecular weight excluding hydrogens is 324 g/mol. The van der Waals surface area contributed by atoms with Gasteiger partial charge in [-0.25, -0.2) is 8.42 Å². The van der Waals surface area contributed by atoms with Crippen LogP contribution in [0.1, 0.15) is 34.3 Å². The molecule has 0 spiro atoms. The number of nitrogens with one attached hydrogen (secondary N) is 2. The van der Waals surface area contributed by atoms with Crippen LogP contribution in [0.25, 0.3) is 0 Å². The van der Waals surface area contributed by atoms with Crippen molar-refractivity contribution in [3.8, 4) is 0 Å². The summed E-state index contributed by atoms with van der Waals surface area (Å²) < 4.78 is 25.2. The normalized spacial score (nSPS) is 12.5. The van der Waals surface area contributed by atoms with E-state index in [0.717, 1.165) is 11.8 Å². The second-order valence-electron chi connectivity index (χ2n) is 5.87. The van der Waals surface area contributed by atoms with E-state index in [1.807, 2.05) is 37.3 Å². The summed E-state index contributed by atoms with van der Waals surface area (Å²) >= 11 is 0. The van der Waals surface area contributed by atoms with Gasteiger partial charge >= 0.3 is 0 Å². The Balaban J connectivity index is 2.09. The lowest BCUT2D eigenvalue weighted by Crippen LogP contribution is -2.28. The van der Waals surface area contributed by atoms with Crippen molar-refractivity contribution >= 4 is 21.6 Å². The lowest BCUT2D eigenvalue weighted by molar-refractivity contribution is 0.0951. The van der Waals surface area contributed by atoms with Crippen LogP contribution in [0.3, 0.4) is 0 Å². The third-order valence-corrected chi connectivity index (χ3v) is 4.40. The number of amides is 1. The molecule has 6 heteroatoms. The molecule has 24 heavy (non-hydrogen) atoms. The molecule has 2 aromatic carbocycles. The molecule has 0 aliphatic rings. The number of hydrogen-bond acceptors (Lipinski definition) is 3. The van der Waals surface area contributed by atoms with Crippen LogP contribution in [0.4, 0.5) is 5.69 Å². The van der Waals surface area contributed by atoms with Gasteiger partial charge < -0.3 is 5.32 Å². The third kappa shape index (κ3) is 4.83. The van der Waals surface area contributed by atoms with Crippen LogP contribution in [0, 0.1) is 6.92 Å². The summed E-state index contributed by atoms with van der Waals surface area (Å²) in [4.78, 5) is 12.4. The highest BCUT2D eigenvalue weighted by Gasteiger charge is 2.14. The molecule has 2 aromatic rings. The fourth-order valence-corrected chi connectivity index (χ4v) is 3.05. The van der Waals surface area contributed by atoms with Gasteiger partial charge in [0.25, 0.3) is 5.91 Å². The Morgan fingerprint density at radius 3 is 2.38 bits per heavy atom. The maximum atomic E-state index is 12.4. The van der Waals surface area contributed by atoms with Crippen molar-refractivity contribution in [2.45, 2.75) is 19.8 Å². The Hall–Kier alpha value is -2.34. The van der Waals surface area contributed by atoms with Gasteiger partial charge in [0.1, 0.15) is 0 Å². The van der Waals surface area contributed by atoms with Crippen molar-refractivity contribution < 1.29 is 13.2 Å². The maximum absolute atomic E-state index is 12.4. The minimum atomic E-state index is -3.39. The van der Waals surface area contributed by atoms with Gasteiger partial charge in [0.2, 0.25) is 10.0 Å². The molecule has 0 heterocycles. The molecule has 0 fully saturated rings. The summed E-state index contributed by atoms with van der Waals surface area (Å²) in [5, 5.41) is 2.91. The standard InChI is InChI=1S/C18H22N2O3S/c1-13(15-8-5-4-6-9-15)12-19-18(21)16-10-7-11-17(14(16)2)20-24(3,22)23/h4-11,13,20H,12H2,1-3H3,(H,19,21)/t13-/m1/s1. The van der Waals surface area contributed by atoms with Gasteiger partial charge in [-0.1, -0.05) is 43.3 Å². The molecule has 0 bridgehead atoms. The van der Waals surface area contributed by atoms with Gasteiger partial charge in [0.15, 0.2) is 0 Å². The highest BCUT2D eigenvalue weighted by molar-refractivity contribution is 7.92. The van der Waals surface area contributed by atoms with E-state index in [0.29, 0.717) is 23.4 Å². The zero-order valence-corrected chi connectivity index (χ0v) is 14.9. The minimum absolute atomic E-state index is 0.188. The largest absolute Gasteiger partial charge is 0.351 e. The fourth-order valence-electron chi connectivity index (χ4n) is 2.43. The Kier molecular flexibility index (Phi) is 5.62. The molecule has 0 unspecified atom stereocenters. The SMILES string of the molecule is Cc1c(NS(C)(=O)=O)cccc1C(=O)NC[C@@H](C)c1ccccc1. The Morgan fingerprint density at radius 2 is 1.75 bits per heavy atom. The van der Waals surface area contributed by atoms with Gasteiger partial charge in [0.05, 0.1) is 11.9 Å². The van der Waals surface area contributed by atoms with E-state index in [2.05, 4.69) is 10.0 Å². The third-order valence-electron chi connectivity index (χ3n) is 3.81. The van der Waals surface area contributed by atoms with Crippen LogP contribution >= 0.6 is 0 Å². The first kappa shape index (κ1) is 18.0. The Bertz CT molecular complexity index is 817. The van der Waals surface area contributed by atoms with Crippen LogP contribution in [0.5, 0.6) is 0 Å². The number of sulfonamides is 1. The van der Waals surface area contributed by atoms with Crippen LogP contribution in [0.2, 0.25) is 0 Å². The Labute approximate surface area is 143 Å². The average Bonchev–Trinajstić information content (AvgIpc) is 2.54. The van der Waals surface area contributed by atoms with Gasteiger partial charge in [-0.05, 0) is 36.1 Å². The quantitative estimate of drug-likeness (QED) is 0.844. The number of benzene rings is 2. The summed E-state index contributed by atoms with van der Waals surface area (Å²) in [7, 11) is -3.39. The van der Waals surface area contributed by atoms with E-state index in [1.165, 1.54) is 0 Å². The monoisotopic (exact) mass is 346 g/mol. The predicted octanol–water partition coefficient (Wildman–Crippen LogP) is 2.90. The first-order chi connectivity index (χ1) is 11.3. The van der Waals surface area contributed by atoms with Crippen LogP contribution in [0.15, 0.2) is 48.5 Å². The molecule has 0 saturated heterocycles. The molecule has 0 aliphatic carbocycles. The van der Waals surface area contributed by atoms with E-state index in [9.17, 15) is 13.2 Å². The number of carbonyl (C=O) groups is 1. The molecule has 2 N–H and O–H groups in total. The van der Waals surface area contributed by atoms with Crippen LogP contribution < -0.4 is 10.0 Å². The molecule has 128 valence electrons. The molecular formula is C18H22N2O3S. The summed E-state index contributed by atoms with van der Waals surface area (Å²) in [5.74, 6) is -0.0276. The minimum Gasteiger partial charge on any atom is -0.351 e. The molecule has 0 aromatic heterocycles. The first-order valence-corrected chi connectivity index (χ1v) is 9.57. The molecule has 1 amide bonds. The first-order valence-electron chi connectivity index (χ1n) is 7.68. The zero-order chi connectivity index (χ0) is 17.7. The highest BCUT2D eigenvalue weighted by atomic mass is 32.2. The van der Waals surface area contributed by atoms with E-state index in [4.69, 9.17) is 0 Å². The van der Waals surface area contributed by atoms with Crippen molar-refractivity contribution in [2.24, 2.45) is 0 Å². The second-order valence-corrected chi connectivity index (χ2v) is 7.62. The number of rotatable bonds is 6. The fraction of sp³-hybridized carbons (Fsp3) is 0.278. The maximum Gasteiger partial charge on any atom is 0.251 e. The molecule has 1 atom stereocenters. The lowest BCUT2D eigenvalue weighted by Gasteiger charge is -2.15. The topological polar surface area (TPSA) is 75.3 Å². The molecule has 2 rings (SSSR count). The van der Waals surface area contributed by atoms with E-state index in [1.54, 1.807) is 25.1 Å². The molecule has 5 nitrogen and oxygen atoms in total. The molecule has 0 saturated carbocycles. The second kappa shape index (κ2) is 7.49. The Morgan fingerprint density at radius 1 is 1.08 bits per heavy atom. The van der Waals surface area contributed by atoms with Gasteiger partial charge in [-0.15, -0.1) is 0 Å². The van der Waals surface area contributed by atoms with Crippen molar-refractivity contribution in [1.82, 2.24) is 5.32 Å². The van der Waals surface area contributed by atoms with Crippen LogP contribution in [-0.2, 0) is 10.0 Å². The summed E-state index contributed by atoms with van der Waals surface area (Å²) in [5.41, 5.74) is 2.64. The number of carbonyl (C=O) groups excluding carboxylic acids is 1. The van der Waals surface area contributed by atoms with Gasteiger partial charge in [0, 0.05) is 12.1 Å². The summed E-state index contributed by atoms with van der Waals surface area (Å²) in [6, 6.07) is 14.9. The lowest BCUT2D eigenvalue weighted by atomic mass is 10.0. The van der Waals surface area contributed by atoms with Gasteiger partial charge in [-0.3, -0.25) is 9.52 Å². The highest BCUT2D eigenvalue weighted by Crippen LogP contribution is 2.20. The van der Waals surface area contributed by atoms with Crippen molar-refractivity contribution in [1.29, 1.82) is 0 Å². The predicted molar refractivity (Wildman–Crippen MR) is 96.8 cm³/mol.